The minimum atomic E-state index is -3.93. The van der Waals surface area contributed by atoms with Crippen molar-refractivity contribution in [2.45, 2.75) is 95.6 Å². The molecule has 1 fully saturated rings. The van der Waals surface area contributed by atoms with Gasteiger partial charge in [0.1, 0.15) is 18.3 Å². The molecule has 1 heterocycles. The first-order valence-corrected chi connectivity index (χ1v) is 17.6. The van der Waals surface area contributed by atoms with Gasteiger partial charge in [-0.15, -0.1) is 0 Å². The molecule has 1 aliphatic rings. The van der Waals surface area contributed by atoms with E-state index < -0.39 is 44.6 Å². The molecular formula is C19H39NO6SSi2. The van der Waals surface area contributed by atoms with Crippen LogP contribution in [0.15, 0.2) is 0 Å². The van der Waals surface area contributed by atoms with Crippen molar-refractivity contribution in [2.24, 2.45) is 0 Å². The van der Waals surface area contributed by atoms with E-state index in [2.05, 4.69) is 73.8 Å². The lowest BCUT2D eigenvalue weighted by molar-refractivity contribution is -0.0270. The van der Waals surface area contributed by atoms with Crippen LogP contribution in [-0.2, 0) is 27.9 Å². The van der Waals surface area contributed by atoms with Crippen LogP contribution in [0.1, 0.15) is 41.5 Å². The van der Waals surface area contributed by atoms with Gasteiger partial charge in [-0.25, -0.2) is 4.18 Å². The Kier molecular flexibility index (Phi) is 7.69. The summed E-state index contributed by atoms with van der Waals surface area (Å²) in [6.45, 7) is 21.0. The van der Waals surface area contributed by atoms with Crippen LogP contribution in [0.3, 0.4) is 0 Å². The van der Waals surface area contributed by atoms with Crippen LogP contribution < -0.4 is 0 Å². The highest BCUT2D eigenvalue weighted by Gasteiger charge is 2.59. The van der Waals surface area contributed by atoms with E-state index in [1.165, 1.54) is 0 Å². The summed E-state index contributed by atoms with van der Waals surface area (Å²) in [6.07, 6.45) is -0.721. The molecule has 1 rings (SSSR count). The molecule has 0 amide bonds. The summed E-state index contributed by atoms with van der Waals surface area (Å²) in [7, 11) is -8.37. The monoisotopic (exact) mass is 465 g/mol. The molecule has 0 aromatic heterocycles. The van der Waals surface area contributed by atoms with Gasteiger partial charge in [0.25, 0.3) is 10.1 Å². The Hall–Kier alpha value is -0.286. The Morgan fingerprint density at radius 3 is 1.93 bits per heavy atom. The second-order valence-corrected chi connectivity index (χ2v) is 22.1. The molecule has 170 valence electrons. The molecule has 29 heavy (non-hydrogen) atoms. The molecule has 0 aromatic carbocycles. The maximum absolute atomic E-state index is 12.1. The molecule has 3 unspecified atom stereocenters. The van der Waals surface area contributed by atoms with Crippen molar-refractivity contribution in [3.05, 3.63) is 0 Å². The second kappa shape index (κ2) is 8.33. The Morgan fingerprint density at radius 2 is 1.55 bits per heavy atom. The quantitative estimate of drug-likeness (QED) is 0.413. The van der Waals surface area contributed by atoms with Gasteiger partial charge in [0, 0.05) is 0 Å². The molecule has 0 N–H and O–H groups in total. The van der Waals surface area contributed by atoms with Crippen LogP contribution in [0.4, 0.5) is 0 Å². The van der Waals surface area contributed by atoms with Crippen LogP contribution >= 0.6 is 0 Å². The molecule has 0 bridgehead atoms. The van der Waals surface area contributed by atoms with Crippen molar-refractivity contribution in [3.63, 3.8) is 0 Å². The average molecular weight is 466 g/mol. The maximum Gasteiger partial charge on any atom is 0.266 e. The van der Waals surface area contributed by atoms with Gasteiger partial charge in [-0.2, -0.15) is 13.7 Å². The fourth-order valence-corrected chi connectivity index (χ4v) is 5.57. The molecule has 1 aliphatic heterocycles. The Balaban J connectivity index is 3.26. The van der Waals surface area contributed by atoms with Gasteiger partial charge in [-0.05, 0) is 36.3 Å². The van der Waals surface area contributed by atoms with E-state index in [1.54, 1.807) is 0 Å². The number of nitriles is 1. The summed E-state index contributed by atoms with van der Waals surface area (Å²) < 4.78 is 48.0. The van der Waals surface area contributed by atoms with E-state index >= 15 is 0 Å². The van der Waals surface area contributed by atoms with Crippen LogP contribution in [0.25, 0.3) is 0 Å². The zero-order chi connectivity index (χ0) is 23.1. The zero-order valence-corrected chi connectivity index (χ0v) is 22.7. The summed E-state index contributed by atoms with van der Waals surface area (Å²) in [6, 6.07) is 2.09. The number of rotatable bonds is 7. The van der Waals surface area contributed by atoms with Crippen LogP contribution in [0.2, 0.25) is 36.3 Å². The smallest absolute Gasteiger partial charge is 0.266 e. The van der Waals surface area contributed by atoms with Gasteiger partial charge < -0.3 is 13.6 Å². The third kappa shape index (κ3) is 6.12. The average Bonchev–Trinajstić information content (AvgIpc) is 2.78. The van der Waals surface area contributed by atoms with Crippen LogP contribution in [0, 0.1) is 11.3 Å². The summed E-state index contributed by atoms with van der Waals surface area (Å²) in [5.41, 5.74) is -1.77. The van der Waals surface area contributed by atoms with Gasteiger partial charge in [-0.1, -0.05) is 41.5 Å². The fraction of sp³-hybridized carbons (Fsp3) is 0.947. The summed E-state index contributed by atoms with van der Waals surface area (Å²) >= 11 is 0. The highest BCUT2D eigenvalue weighted by atomic mass is 32.2. The Labute approximate surface area is 179 Å². The van der Waals surface area contributed by atoms with E-state index in [0.29, 0.717) is 0 Å². The molecule has 0 radical (unpaired) electrons. The van der Waals surface area contributed by atoms with Crippen molar-refractivity contribution < 1.29 is 26.2 Å². The standard InChI is InChI=1S/C19H39NO6SSi2/c1-17(2,3)28(8,9)24-13-15-19(14-20,26-27(7,21)22)16(12-23-15)25-29(10,11)18(4,5)6/h15-16H,12-13H2,1-11H3. The molecule has 0 aromatic rings. The topological polar surface area (TPSA) is 94.8 Å². The first-order valence-electron chi connectivity index (χ1n) is 9.94. The number of nitrogens with zero attached hydrogens (tertiary/aromatic N) is 1. The van der Waals surface area contributed by atoms with Crippen molar-refractivity contribution in [2.75, 3.05) is 19.5 Å². The fourth-order valence-electron chi connectivity index (χ4n) is 2.51. The van der Waals surface area contributed by atoms with E-state index in [4.69, 9.17) is 17.8 Å². The summed E-state index contributed by atoms with van der Waals surface area (Å²) in [5.74, 6) is 0. The normalized spacial score (nSPS) is 27.1. The zero-order valence-electron chi connectivity index (χ0n) is 19.9. The molecule has 10 heteroatoms. The third-order valence-corrected chi connectivity index (χ3v) is 16.1. The van der Waals surface area contributed by atoms with Gasteiger partial charge in [0.2, 0.25) is 5.60 Å². The van der Waals surface area contributed by atoms with Gasteiger partial charge in [0.15, 0.2) is 16.6 Å². The predicted octanol–water partition coefficient (Wildman–Crippen LogP) is 4.04. The molecule has 1 saturated heterocycles. The number of ether oxygens (including phenoxy) is 1. The predicted molar refractivity (Wildman–Crippen MR) is 119 cm³/mol. The van der Waals surface area contributed by atoms with Gasteiger partial charge in [-0.3, -0.25) is 0 Å². The lowest BCUT2D eigenvalue weighted by Crippen LogP contribution is -2.57. The second-order valence-electron chi connectivity index (χ2n) is 11.0. The molecule has 0 aliphatic carbocycles. The first-order chi connectivity index (χ1) is 12.7. The van der Waals surface area contributed by atoms with Crippen molar-refractivity contribution in [3.8, 4) is 6.07 Å². The molecular weight excluding hydrogens is 426 g/mol. The maximum atomic E-state index is 12.1. The van der Waals surface area contributed by atoms with Gasteiger partial charge >= 0.3 is 0 Å². The highest BCUT2D eigenvalue weighted by Crippen LogP contribution is 2.43. The minimum Gasteiger partial charge on any atom is -0.414 e. The largest absolute Gasteiger partial charge is 0.414 e. The molecule has 0 spiro atoms. The number of hydrogen-bond donors (Lipinski definition) is 0. The SMILES string of the molecule is CC(C)(C)[Si](C)(C)OCC1OCC(O[Si](C)(C)C(C)(C)C)C1(C#N)OS(C)(=O)=O. The minimum absolute atomic E-state index is 0.0321. The molecule has 7 nitrogen and oxygen atoms in total. The summed E-state index contributed by atoms with van der Waals surface area (Å²) in [5, 5.41) is 9.93. The van der Waals surface area contributed by atoms with E-state index in [0.717, 1.165) is 6.26 Å². The lowest BCUT2D eigenvalue weighted by Gasteiger charge is -2.42. The van der Waals surface area contributed by atoms with E-state index in [1.807, 2.05) is 0 Å². The van der Waals surface area contributed by atoms with Gasteiger partial charge in [0.05, 0.1) is 19.5 Å². The number of hydrogen-bond acceptors (Lipinski definition) is 7. The Morgan fingerprint density at radius 1 is 1.07 bits per heavy atom. The molecule has 3 atom stereocenters. The highest BCUT2D eigenvalue weighted by molar-refractivity contribution is 7.86. The van der Waals surface area contributed by atoms with Crippen LogP contribution in [-0.4, -0.2) is 62.3 Å². The lowest BCUT2D eigenvalue weighted by atomic mass is 9.95. The van der Waals surface area contributed by atoms with Crippen molar-refractivity contribution in [1.82, 2.24) is 0 Å². The first kappa shape index (κ1) is 26.7. The van der Waals surface area contributed by atoms with E-state index in [9.17, 15) is 13.7 Å². The van der Waals surface area contributed by atoms with Crippen molar-refractivity contribution in [1.29, 1.82) is 5.26 Å². The van der Waals surface area contributed by atoms with E-state index in [-0.39, 0.29) is 23.3 Å². The molecule has 0 saturated carbocycles. The van der Waals surface area contributed by atoms with Crippen LogP contribution in [0.5, 0.6) is 0 Å². The Bertz CT molecular complexity index is 733. The third-order valence-electron chi connectivity index (χ3n) is 6.51. The summed E-state index contributed by atoms with van der Waals surface area (Å²) in [4.78, 5) is 0. The van der Waals surface area contributed by atoms with Crippen molar-refractivity contribution >= 4 is 26.8 Å².